The molecule has 8 heteroatoms. The maximum Gasteiger partial charge on any atom is 0.115 e. The molecule has 2 aliphatic rings. The third-order valence-electron chi connectivity index (χ3n) is 13.2. The standard InChI is InChI=1S/C59H62O8/c1-42-33-51(62-40-48-31-32-49-29-17-18-30-50(49)34-48)53(56(64-37-45-23-11-4-12-24-45)55(42)63-36-44-21-9-3-10-22-44)57-59(66-39-47-27-15-6-16-28-47)58(65-38-46-25-13-5-14-26-46)54(60)52(67-57)41-61-35-43-19-7-2-8-20-43/h2-32,34,42,51-60H,33,35-41H2,1H3/t42-,51-,52-,53+,54-,55+,56+,57-,58+,59+/m1/s1. The van der Waals surface area contributed by atoms with Crippen molar-refractivity contribution in [1.29, 1.82) is 0 Å². The molecule has 0 bridgehead atoms. The topological polar surface area (TPSA) is 84.8 Å². The molecule has 1 aliphatic carbocycles. The van der Waals surface area contributed by atoms with Gasteiger partial charge in [-0.2, -0.15) is 0 Å². The molecule has 1 heterocycles. The number of benzene rings is 7. The van der Waals surface area contributed by atoms with Gasteiger partial charge >= 0.3 is 0 Å². The number of fused-ring (bicyclic) bond motifs is 1. The molecule has 1 N–H and O–H groups in total. The first kappa shape index (κ1) is 46.6. The van der Waals surface area contributed by atoms with Crippen LogP contribution in [0.5, 0.6) is 0 Å². The van der Waals surface area contributed by atoms with Crippen LogP contribution in [0.4, 0.5) is 0 Å². The van der Waals surface area contributed by atoms with Gasteiger partial charge in [-0.15, -0.1) is 0 Å². The van der Waals surface area contributed by atoms with Crippen LogP contribution in [0.25, 0.3) is 10.8 Å². The molecule has 1 aliphatic heterocycles. The summed E-state index contributed by atoms with van der Waals surface area (Å²) in [5, 5.41) is 14.9. The zero-order valence-electron chi connectivity index (χ0n) is 38.2. The first-order valence-electron chi connectivity index (χ1n) is 23.7. The third kappa shape index (κ3) is 12.3. The number of aliphatic hydroxyl groups excluding tert-OH is 1. The summed E-state index contributed by atoms with van der Waals surface area (Å²) in [5.74, 6) is -0.413. The van der Waals surface area contributed by atoms with E-state index in [1.54, 1.807) is 0 Å². The van der Waals surface area contributed by atoms with E-state index in [0.717, 1.165) is 38.8 Å². The van der Waals surface area contributed by atoms with Crippen molar-refractivity contribution < 1.29 is 38.3 Å². The summed E-state index contributed by atoms with van der Waals surface area (Å²) in [5.41, 5.74) is 6.20. The van der Waals surface area contributed by atoms with Crippen molar-refractivity contribution in [2.45, 2.75) is 102 Å². The second-order valence-corrected chi connectivity index (χ2v) is 18.0. The van der Waals surface area contributed by atoms with E-state index in [1.807, 2.05) is 127 Å². The quantitative estimate of drug-likeness (QED) is 0.0810. The van der Waals surface area contributed by atoms with Crippen LogP contribution in [0.3, 0.4) is 0 Å². The molecule has 0 aromatic heterocycles. The minimum Gasteiger partial charge on any atom is -0.387 e. The molecule has 0 amide bonds. The molecule has 2 fully saturated rings. The maximum absolute atomic E-state index is 12.5. The van der Waals surface area contributed by atoms with Crippen LogP contribution in [-0.2, 0) is 72.8 Å². The van der Waals surface area contributed by atoms with Crippen LogP contribution >= 0.6 is 0 Å². The van der Waals surface area contributed by atoms with Gasteiger partial charge in [0.2, 0.25) is 0 Å². The molecule has 8 nitrogen and oxygen atoms in total. The zero-order chi connectivity index (χ0) is 45.6. The minimum absolute atomic E-state index is 0.0373. The first-order chi connectivity index (χ1) is 33.1. The van der Waals surface area contributed by atoms with E-state index in [9.17, 15) is 5.11 Å². The fourth-order valence-corrected chi connectivity index (χ4v) is 9.70. The second-order valence-electron chi connectivity index (χ2n) is 18.0. The average Bonchev–Trinajstić information content (AvgIpc) is 3.38. The molecule has 7 aromatic carbocycles. The molecule has 1 saturated heterocycles. The monoisotopic (exact) mass is 898 g/mol. The highest BCUT2D eigenvalue weighted by Gasteiger charge is 2.57. The largest absolute Gasteiger partial charge is 0.387 e. The molecule has 67 heavy (non-hydrogen) atoms. The van der Waals surface area contributed by atoms with Gasteiger partial charge in [-0.05, 0) is 62.6 Å². The molecule has 0 unspecified atom stereocenters. The van der Waals surface area contributed by atoms with Gasteiger partial charge in [0.15, 0.2) is 0 Å². The van der Waals surface area contributed by atoms with Gasteiger partial charge < -0.3 is 38.3 Å². The lowest BCUT2D eigenvalue weighted by Gasteiger charge is -2.53. The minimum atomic E-state index is -1.09. The van der Waals surface area contributed by atoms with Gasteiger partial charge in [0.1, 0.15) is 24.4 Å². The molecule has 7 aromatic rings. The Morgan fingerprint density at radius 1 is 0.433 bits per heavy atom. The Labute approximate surface area is 395 Å². The van der Waals surface area contributed by atoms with Crippen LogP contribution in [-0.4, -0.2) is 60.5 Å². The lowest BCUT2D eigenvalue weighted by molar-refractivity contribution is -0.299. The smallest absolute Gasteiger partial charge is 0.115 e. The summed E-state index contributed by atoms with van der Waals surface area (Å²) in [6.07, 6.45) is -4.72. The molecule has 0 spiro atoms. The van der Waals surface area contributed by atoms with Crippen molar-refractivity contribution in [3.05, 3.63) is 228 Å². The molecule has 10 atom stereocenters. The lowest BCUT2D eigenvalue weighted by atomic mass is 9.70. The van der Waals surface area contributed by atoms with Crippen LogP contribution in [0.1, 0.15) is 46.7 Å². The van der Waals surface area contributed by atoms with Crippen molar-refractivity contribution in [3.8, 4) is 0 Å². The van der Waals surface area contributed by atoms with Crippen molar-refractivity contribution in [3.63, 3.8) is 0 Å². The average molecular weight is 899 g/mol. The Morgan fingerprint density at radius 2 is 0.866 bits per heavy atom. The van der Waals surface area contributed by atoms with Crippen LogP contribution in [0.15, 0.2) is 194 Å². The molecule has 346 valence electrons. The van der Waals surface area contributed by atoms with Crippen molar-refractivity contribution in [2.75, 3.05) is 6.61 Å². The van der Waals surface area contributed by atoms with E-state index in [1.165, 1.54) is 5.39 Å². The molecule has 9 rings (SSSR count). The fourth-order valence-electron chi connectivity index (χ4n) is 9.70. The Balaban J connectivity index is 1.12. The summed E-state index contributed by atoms with van der Waals surface area (Å²) in [6.45, 7) is 4.38. The Kier molecular flexibility index (Phi) is 16.3. The maximum atomic E-state index is 12.5. The van der Waals surface area contributed by atoms with Gasteiger partial charge in [-0.25, -0.2) is 0 Å². The number of rotatable bonds is 20. The van der Waals surface area contributed by atoms with Crippen molar-refractivity contribution >= 4 is 10.8 Å². The van der Waals surface area contributed by atoms with E-state index in [4.69, 9.17) is 33.2 Å². The first-order valence-corrected chi connectivity index (χ1v) is 23.7. The Hall–Kier alpha value is -5.52. The predicted molar refractivity (Wildman–Crippen MR) is 261 cm³/mol. The van der Waals surface area contributed by atoms with E-state index < -0.39 is 42.5 Å². The number of ether oxygens (including phenoxy) is 7. The van der Waals surface area contributed by atoms with Gasteiger partial charge in [-0.1, -0.05) is 195 Å². The Morgan fingerprint density at radius 3 is 1.40 bits per heavy atom. The number of hydrogen-bond donors (Lipinski definition) is 1. The summed E-state index contributed by atoms with van der Waals surface area (Å²) in [7, 11) is 0. The number of hydrogen-bond acceptors (Lipinski definition) is 8. The van der Waals surface area contributed by atoms with Crippen LogP contribution < -0.4 is 0 Å². The highest BCUT2D eigenvalue weighted by molar-refractivity contribution is 5.82. The predicted octanol–water partition coefficient (Wildman–Crippen LogP) is 11.1. The fraction of sp³-hybridized carbons (Fsp3) is 0.322. The highest BCUT2D eigenvalue weighted by Crippen LogP contribution is 2.44. The van der Waals surface area contributed by atoms with Crippen molar-refractivity contribution in [1.82, 2.24) is 0 Å². The highest BCUT2D eigenvalue weighted by atomic mass is 16.6. The van der Waals surface area contributed by atoms with E-state index in [0.29, 0.717) is 32.8 Å². The zero-order valence-corrected chi connectivity index (χ0v) is 38.2. The SMILES string of the molecule is C[C@@H]1C[C@@H](OCc2ccc3ccccc3c2)[C@H]([C@H]2O[C@H](COCc3ccccc3)[C@@H](O)[C@H](OCc3ccccc3)[C@H]2OCc2ccccc2)[C@H](OCc2ccccc2)[C@H]1OCc1ccccc1. The normalized spacial score (nSPS) is 25.2. The molecular weight excluding hydrogens is 837 g/mol. The lowest BCUT2D eigenvalue weighted by Crippen LogP contribution is -2.67. The van der Waals surface area contributed by atoms with E-state index in [2.05, 4.69) is 73.7 Å². The third-order valence-corrected chi connectivity index (χ3v) is 13.2. The van der Waals surface area contributed by atoms with Gasteiger partial charge in [-0.3, -0.25) is 0 Å². The molecule has 0 radical (unpaired) electrons. The molecular formula is C59H62O8. The summed E-state index contributed by atoms with van der Waals surface area (Å²) in [4.78, 5) is 0. The van der Waals surface area contributed by atoms with Crippen LogP contribution in [0, 0.1) is 11.8 Å². The summed E-state index contributed by atoms with van der Waals surface area (Å²) in [6, 6.07) is 65.6. The summed E-state index contributed by atoms with van der Waals surface area (Å²) >= 11 is 0. The van der Waals surface area contributed by atoms with Crippen molar-refractivity contribution in [2.24, 2.45) is 11.8 Å². The van der Waals surface area contributed by atoms with Gasteiger partial charge in [0, 0.05) is 5.92 Å². The van der Waals surface area contributed by atoms with Crippen LogP contribution in [0.2, 0.25) is 0 Å². The van der Waals surface area contributed by atoms with Gasteiger partial charge in [0.25, 0.3) is 0 Å². The van der Waals surface area contributed by atoms with Gasteiger partial charge in [0.05, 0.1) is 70.7 Å². The summed E-state index contributed by atoms with van der Waals surface area (Å²) < 4.78 is 49.2. The molecule has 1 saturated carbocycles. The second kappa shape index (κ2) is 23.5. The number of aliphatic hydroxyl groups is 1. The Bertz CT molecular complexity index is 2510. The van der Waals surface area contributed by atoms with E-state index >= 15 is 0 Å². The van der Waals surface area contributed by atoms with E-state index in [-0.39, 0.29) is 37.9 Å².